The number of hydrogen-bond donors (Lipinski definition) is 3. The number of amides is 1. The van der Waals surface area contributed by atoms with Crippen LogP contribution in [0.1, 0.15) is 66.2 Å². The lowest BCUT2D eigenvalue weighted by molar-refractivity contribution is 0.0920. The number of pyridine rings is 1. The van der Waals surface area contributed by atoms with Gasteiger partial charge in [-0.25, -0.2) is 9.97 Å². The summed E-state index contributed by atoms with van der Waals surface area (Å²) in [5, 5.41) is 4.32. The number of morpholine rings is 1. The molecule has 3 aromatic heterocycles. The lowest BCUT2D eigenvalue weighted by Gasteiger charge is -2.30. The van der Waals surface area contributed by atoms with Crippen molar-refractivity contribution in [3.63, 3.8) is 0 Å². The van der Waals surface area contributed by atoms with Crippen LogP contribution in [0.5, 0.6) is 0 Å². The third-order valence-electron chi connectivity index (χ3n) is 8.24. The quantitative estimate of drug-likeness (QED) is 0.455. The molecule has 202 valence electrons. The number of piperidine rings is 1. The van der Waals surface area contributed by atoms with E-state index in [4.69, 9.17) is 10.5 Å². The average Bonchev–Trinajstić information content (AvgIpc) is 3.39. The molecule has 1 saturated carbocycles. The van der Waals surface area contributed by atoms with Crippen molar-refractivity contribution in [2.75, 3.05) is 44.3 Å². The molecule has 2 aliphatic heterocycles. The summed E-state index contributed by atoms with van der Waals surface area (Å²) < 4.78 is 5.51. The minimum atomic E-state index is -0.0818. The van der Waals surface area contributed by atoms with Gasteiger partial charge in [-0.3, -0.25) is 14.7 Å². The van der Waals surface area contributed by atoms with Crippen LogP contribution in [-0.2, 0) is 11.3 Å². The molecule has 10 heteroatoms. The molecule has 5 heterocycles. The van der Waals surface area contributed by atoms with Gasteiger partial charge in [0.15, 0.2) is 0 Å². The number of nitrogens with zero attached hydrogens (tertiary/aromatic N) is 5. The Balaban J connectivity index is 1.05. The lowest BCUT2D eigenvalue weighted by atomic mass is 9.84. The smallest absolute Gasteiger partial charge is 0.270 e. The standard InChI is InChI=1S/C28H38N8O2/c29-21-2-1-9-35(17-21)16-19-7-8-30-25(14-19)28(37)33-22-5-3-20(4-6-22)24-15-23-26(34-24)31-18-32-27(23)36-10-12-38-13-11-36/h7-8,14-15,18,20-22H,1-6,9-13,16-17,29H2,(H,33,37)(H,31,32,34)/t20?,21-,22?/m1/s1. The second-order valence-electron chi connectivity index (χ2n) is 11.0. The van der Waals surface area contributed by atoms with Crippen molar-refractivity contribution < 1.29 is 9.53 Å². The summed E-state index contributed by atoms with van der Waals surface area (Å²) in [6.07, 6.45) is 9.52. The minimum Gasteiger partial charge on any atom is -0.378 e. The van der Waals surface area contributed by atoms with Crippen LogP contribution in [-0.4, -0.2) is 82.2 Å². The summed E-state index contributed by atoms with van der Waals surface area (Å²) in [7, 11) is 0. The predicted molar refractivity (Wildman–Crippen MR) is 146 cm³/mol. The van der Waals surface area contributed by atoms with E-state index in [9.17, 15) is 4.79 Å². The van der Waals surface area contributed by atoms with Crippen molar-refractivity contribution in [3.05, 3.63) is 47.7 Å². The molecule has 0 radical (unpaired) electrons. The van der Waals surface area contributed by atoms with E-state index in [0.29, 0.717) is 11.6 Å². The van der Waals surface area contributed by atoms with Gasteiger partial charge < -0.3 is 25.7 Å². The summed E-state index contributed by atoms with van der Waals surface area (Å²) in [5.74, 6) is 1.33. The Morgan fingerprint density at radius 2 is 1.92 bits per heavy atom. The Bertz CT molecular complexity index is 1250. The second-order valence-corrected chi connectivity index (χ2v) is 11.0. The summed E-state index contributed by atoms with van der Waals surface area (Å²) in [6.45, 7) is 5.92. The van der Waals surface area contributed by atoms with E-state index in [1.54, 1.807) is 12.5 Å². The van der Waals surface area contributed by atoms with Gasteiger partial charge in [-0.1, -0.05) is 0 Å². The Morgan fingerprint density at radius 3 is 2.74 bits per heavy atom. The Kier molecular flexibility index (Phi) is 7.53. The van der Waals surface area contributed by atoms with Crippen molar-refractivity contribution in [1.82, 2.24) is 30.2 Å². The molecule has 0 bridgehead atoms. The van der Waals surface area contributed by atoms with Gasteiger partial charge >= 0.3 is 0 Å². The summed E-state index contributed by atoms with van der Waals surface area (Å²) >= 11 is 0. The van der Waals surface area contributed by atoms with Crippen LogP contribution < -0.4 is 16.0 Å². The average molecular weight is 519 g/mol. The molecule has 0 spiro atoms. The van der Waals surface area contributed by atoms with Gasteiger partial charge in [-0.05, 0) is 74.8 Å². The zero-order valence-electron chi connectivity index (χ0n) is 21.9. The Morgan fingerprint density at radius 1 is 1.08 bits per heavy atom. The van der Waals surface area contributed by atoms with Gasteiger partial charge in [-0.2, -0.15) is 0 Å². The predicted octanol–water partition coefficient (Wildman–Crippen LogP) is 2.57. The first-order valence-corrected chi connectivity index (χ1v) is 14.0. The number of nitrogens with two attached hydrogens (primary N) is 1. The van der Waals surface area contributed by atoms with E-state index in [1.165, 1.54) is 5.69 Å². The molecular weight excluding hydrogens is 480 g/mol. The molecule has 3 fully saturated rings. The third kappa shape index (κ3) is 5.67. The number of aromatic amines is 1. The van der Waals surface area contributed by atoms with E-state index in [-0.39, 0.29) is 18.0 Å². The molecule has 1 amide bonds. The molecule has 3 aliphatic rings. The van der Waals surface area contributed by atoms with Gasteiger partial charge in [0.05, 0.1) is 18.6 Å². The van der Waals surface area contributed by atoms with E-state index >= 15 is 0 Å². The van der Waals surface area contributed by atoms with E-state index < -0.39 is 0 Å². The number of carbonyl (C=O) groups is 1. The van der Waals surface area contributed by atoms with Gasteiger partial charge in [0, 0.05) is 50.2 Å². The lowest BCUT2D eigenvalue weighted by Crippen LogP contribution is -2.42. The number of carbonyl (C=O) groups excluding carboxylic acids is 1. The van der Waals surface area contributed by atoms with Crippen molar-refractivity contribution >= 4 is 22.8 Å². The van der Waals surface area contributed by atoms with Crippen LogP contribution in [0, 0.1) is 0 Å². The maximum atomic E-state index is 13.0. The number of fused-ring (bicyclic) bond motifs is 1. The summed E-state index contributed by atoms with van der Waals surface area (Å²) in [5.41, 5.74) is 9.85. The number of H-pyrrole nitrogens is 1. The summed E-state index contributed by atoms with van der Waals surface area (Å²) in [6, 6.07) is 6.56. The first-order valence-electron chi connectivity index (χ1n) is 14.0. The van der Waals surface area contributed by atoms with Crippen molar-refractivity contribution in [1.29, 1.82) is 0 Å². The first kappa shape index (κ1) is 25.2. The highest BCUT2D eigenvalue weighted by molar-refractivity contribution is 5.92. The van der Waals surface area contributed by atoms with Crippen LogP contribution >= 0.6 is 0 Å². The SMILES string of the molecule is N[C@@H]1CCCN(Cc2ccnc(C(=O)NC3CCC(c4cc5c(N6CCOCC6)ncnc5[nH]4)CC3)c2)C1. The van der Waals surface area contributed by atoms with Crippen molar-refractivity contribution in [2.24, 2.45) is 5.73 Å². The zero-order valence-corrected chi connectivity index (χ0v) is 21.9. The van der Waals surface area contributed by atoms with Gasteiger partial charge in [0.1, 0.15) is 23.5 Å². The van der Waals surface area contributed by atoms with Gasteiger partial charge in [-0.15, -0.1) is 0 Å². The molecule has 1 aliphatic carbocycles. The van der Waals surface area contributed by atoms with Crippen LogP contribution in [0.25, 0.3) is 11.0 Å². The number of ether oxygens (including phenoxy) is 1. The number of hydrogen-bond acceptors (Lipinski definition) is 8. The van der Waals surface area contributed by atoms with Crippen LogP contribution in [0.2, 0.25) is 0 Å². The number of likely N-dealkylation sites (tertiary alicyclic amines) is 1. The van der Waals surface area contributed by atoms with Crippen molar-refractivity contribution in [2.45, 2.75) is 63.1 Å². The van der Waals surface area contributed by atoms with E-state index in [0.717, 1.165) is 107 Å². The third-order valence-corrected chi connectivity index (χ3v) is 8.24. The minimum absolute atomic E-state index is 0.0818. The highest BCUT2D eigenvalue weighted by Gasteiger charge is 2.27. The number of rotatable bonds is 6. The normalized spacial score (nSPS) is 25.0. The fraction of sp³-hybridized carbons (Fsp3) is 0.571. The molecule has 6 rings (SSSR count). The first-order chi connectivity index (χ1) is 18.6. The summed E-state index contributed by atoms with van der Waals surface area (Å²) in [4.78, 5) is 34.7. The number of nitrogens with one attached hydrogen (secondary N) is 2. The molecule has 2 saturated heterocycles. The highest BCUT2D eigenvalue weighted by atomic mass is 16.5. The molecular formula is C28H38N8O2. The number of anilines is 1. The fourth-order valence-electron chi connectivity index (χ4n) is 6.19. The van der Waals surface area contributed by atoms with Crippen LogP contribution in [0.4, 0.5) is 5.82 Å². The largest absolute Gasteiger partial charge is 0.378 e. The Labute approximate surface area is 223 Å². The number of aromatic nitrogens is 4. The fourth-order valence-corrected chi connectivity index (χ4v) is 6.19. The molecule has 4 N–H and O–H groups in total. The van der Waals surface area contributed by atoms with E-state index in [1.807, 2.05) is 12.1 Å². The highest BCUT2D eigenvalue weighted by Crippen LogP contribution is 2.35. The van der Waals surface area contributed by atoms with Crippen LogP contribution in [0.15, 0.2) is 30.7 Å². The van der Waals surface area contributed by atoms with Gasteiger partial charge in [0.2, 0.25) is 0 Å². The maximum Gasteiger partial charge on any atom is 0.270 e. The zero-order chi connectivity index (χ0) is 25.9. The monoisotopic (exact) mass is 518 g/mol. The van der Waals surface area contributed by atoms with Crippen LogP contribution in [0.3, 0.4) is 0 Å². The molecule has 10 nitrogen and oxygen atoms in total. The molecule has 0 aromatic carbocycles. The van der Waals surface area contributed by atoms with Gasteiger partial charge in [0.25, 0.3) is 5.91 Å². The molecule has 3 aromatic rings. The van der Waals surface area contributed by atoms with Crippen molar-refractivity contribution in [3.8, 4) is 0 Å². The second kappa shape index (κ2) is 11.3. The molecule has 0 unspecified atom stereocenters. The van der Waals surface area contributed by atoms with E-state index in [2.05, 4.69) is 41.1 Å². The molecule has 1 atom stereocenters. The maximum absolute atomic E-state index is 13.0. The topological polar surface area (TPSA) is 125 Å². The Hall–Kier alpha value is -3.08. The molecule has 38 heavy (non-hydrogen) atoms.